The molecule has 1 heterocycles. The number of aryl methyl sites for hydroxylation is 1. The van der Waals surface area contributed by atoms with Gasteiger partial charge in [0, 0.05) is 16.9 Å². The molecule has 4 nitrogen and oxygen atoms in total. The normalized spacial score (nSPS) is 12.1. The summed E-state index contributed by atoms with van der Waals surface area (Å²) in [6.45, 7) is 5.74. The molecule has 2 aromatic carbocycles. The van der Waals surface area contributed by atoms with Crippen molar-refractivity contribution < 1.29 is 9.32 Å². The number of amides is 1. The molecule has 0 bridgehead atoms. The molecule has 134 valence electrons. The number of hydrogen-bond acceptors (Lipinski definition) is 3. The highest BCUT2D eigenvalue weighted by Gasteiger charge is 2.16. The Morgan fingerprint density at radius 2 is 1.81 bits per heavy atom. The van der Waals surface area contributed by atoms with E-state index in [0.717, 1.165) is 33.0 Å². The van der Waals surface area contributed by atoms with Crippen molar-refractivity contribution in [3.63, 3.8) is 0 Å². The van der Waals surface area contributed by atoms with Crippen LogP contribution in [0.1, 0.15) is 26.0 Å². The van der Waals surface area contributed by atoms with E-state index in [0.29, 0.717) is 6.42 Å². The monoisotopic (exact) mass is 366 g/mol. The zero-order valence-corrected chi connectivity index (χ0v) is 16.0. The average Bonchev–Trinajstić information content (AvgIpc) is 3.08. The van der Waals surface area contributed by atoms with Crippen LogP contribution in [0.2, 0.25) is 0 Å². The first kappa shape index (κ1) is 18.1. The van der Waals surface area contributed by atoms with Gasteiger partial charge in [-0.2, -0.15) is 0 Å². The molecular formula is C21H22N2O2S. The van der Waals surface area contributed by atoms with Crippen LogP contribution in [-0.2, 0) is 4.79 Å². The minimum atomic E-state index is -0.390. The molecule has 3 rings (SSSR count). The van der Waals surface area contributed by atoms with Gasteiger partial charge < -0.3 is 9.25 Å². The second-order valence-electron chi connectivity index (χ2n) is 5.81. The van der Waals surface area contributed by atoms with Gasteiger partial charge in [0.05, 0.1) is 5.56 Å². The highest BCUT2D eigenvalue weighted by molar-refractivity contribution is 8.13. The Bertz CT molecular complexity index is 928. The average molecular weight is 366 g/mol. The topological polar surface area (TPSA) is 55.1 Å². The summed E-state index contributed by atoms with van der Waals surface area (Å²) in [5.74, 6) is 0.841. The highest BCUT2D eigenvalue weighted by atomic mass is 32.2. The molecular weight excluding hydrogens is 344 g/mol. The van der Waals surface area contributed by atoms with E-state index in [9.17, 15) is 4.79 Å². The number of rotatable bonds is 5. The number of benzene rings is 2. The van der Waals surface area contributed by atoms with Gasteiger partial charge in [0.2, 0.25) is 5.91 Å². The van der Waals surface area contributed by atoms with Crippen LogP contribution in [0, 0.1) is 6.92 Å². The van der Waals surface area contributed by atoms with E-state index < -0.39 is 10.7 Å². The lowest BCUT2D eigenvalue weighted by Crippen LogP contribution is -2.16. The Kier molecular flexibility index (Phi) is 5.68. The first-order valence-electron chi connectivity index (χ1n) is 8.58. The van der Waals surface area contributed by atoms with Crippen LogP contribution < -0.4 is 4.72 Å². The van der Waals surface area contributed by atoms with Crippen LogP contribution in [0.5, 0.6) is 0 Å². The zero-order valence-electron chi connectivity index (χ0n) is 15.2. The van der Waals surface area contributed by atoms with Gasteiger partial charge in [0.1, 0.15) is 11.5 Å². The van der Waals surface area contributed by atoms with Crippen LogP contribution >= 0.6 is 10.7 Å². The van der Waals surface area contributed by atoms with E-state index >= 15 is 0 Å². The van der Waals surface area contributed by atoms with Gasteiger partial charge >= 0.3 is 0 Å². The van der Waals surface area contributed by atoms with Gasteiger partial charge in [0.25, 0.3) is 0 Å². The van der Waals surface area contributed by atoms with Crippen molar-refractivity contribution in [3.05, 3.63) is 60.4 Å². The maximum atomic E-state index is 11.7. The molecule has 5 heteroatoms. The molecule has 0 aliphatic rings. The summed E-state index contributed by atoms with van der Waals surface area (Å²) in [5.41, 5.74) is 3.92. The summed E-state index contributed by atoms with van der Waals surface area (Å²) in [5, 5.41) is 6.27. The van der Waals surface area contributed by atoms with Crippen molar-refractivity contribution in [3.8, 4) is 22.4 Å². The first-order valence-corrected chi connectivity index (χ1v) is 9.87. The van der Waals surface area contributed by atoms with Crippen LogP contribution in [0.25, 0.3) is 22.4 Å². The van der Waals surface area contributed by atoms with Gasteiger partial charge in [-0.15, -0.1) is 0 Å². The lowest BCUT2D eigenvalue weighted by molar-refractivity contribution is -0.118. The third kappa shape index (κ3) is 3.78. The Morgan fingerprint density at radius 1 is 1.12 bits per heavy atom. The molecule has 1 aromatic heterocycles. The summed E-state index contributed by atoms with van der Waals surface area (Å²) in [7, 11) is -0.390. The van der Waals surface area contributed by atoms with E-state index in [1.165, 1.54) is 0 Å². The fourth-order valence-electron chi connectivity index (χ4n) is 2.72. The van der Waals surface area contributed by atoms with E-state index in [1.807, 2.05) is 56.5 Å². The molecule has 0 saturated heterocycles. The van der Waals surface area contributed by atoms with E-state index in [-0.39, 0.29) is 5.91 Å². The number of carbonyl (C=O) groups is 1. The van der Waals surface area contributed by atoms with E-state index in [1.54, 1.807) is 0 Å². The highest BCUT2D eigenvalue weighted by Crippen LogP contribution is 2.35. The van der Waals surface area contributed by atoms with Crippen molar-refractivity contribution in [1.29, 1.82) is 0 Å². The number of hydrogen-bond donors (Lipinski definition) is 1. The predicted molar refractivity (Wildman–Crippen MR) is 108 cm³/mol. The van der Waals surface area contributed by atoms with Crippen LogP contribution in [-0.4, -0.2) is 16.4 Å². The first-order chi connectivity index (χ1) is 12.6. The van der Waals surface area contributed by atoms with Crippen LogP contribution in [0.4, 0.5) is 0 Å². The minimum absolute atomic E-state index is 0.0525. The second kappa shape index (κ2) is 8.15. The third-order valence-electron chi connectivity index (χ3n) is 4.09. The lowest BCUT2D eigenvalue weighted by Gasteiger charge is -2.11. The largest absolute Gasteiger partial charge is 0.360 e. The lowest BCUT2D eigenvalue weighted by atomic mass is 10.00. The Hall–Kier alpha value is -2.66. The standard InChI is InChI=1S/C21H22N2O2S/c1-4-19(24)23-26(5-2)18-13-11-16(12-14-18)20-15(3)25-22-21(20)17-9-7-6-8-10-17/h5-14H,4H2,1-3H3,(H,23,24). The molecule has 1 N–H and O–H groups in total. The van der Waals surface area contributed by atoms with Crippen molar-refractivity contribution in [1.82, 2.24) is 9.88 Å². The molecule has 0 saturated carbocycles. The summed E-state index contributed by atoms with van der Waals surface area (Å²) < 4.78 is 8.50. The van der Waals surface area contributed by atoms with Crippen LogP contribution in [0.3, 0.4) is 0 Å². The van der Waals surface area contributed by atoms with Crippen molar-refractivity contribution in [2.75, 3.05) is 0 Å². The van der Waals surface area contributed by atoms with Crippen molar-refractivity contribution in [2.24, 2.45) is 0 Å². The summed E-state index contributed by atoms with van der Waals surface area (Å²) in [6.07, 6.45) is 0.482. The molecule has 1 atom stereocenters. The summed E-state index contributed by atoms with van der Waals surface area (Å²) in [6, 6.07) is 18.2. The summed E-state index contributed by atoms with van der Waals surface area (Å²) >= 11 is 0. The zero-order chi connectivity index (χ0) is 18.5. The fraction of sp³-hybridized carbons (Fsp3) is 0.190. The molecule has 26 heavy (non-hydrogen) atoms. The Balaban J connectivity index is 1.95. The molecule has 0 aliphatic heterocycles. The maximum absolute atomic E-state index is 11.7. The number of aromatic nitrogens is 1. The van der Waals surface area contributed by atoms with Gasteiger partial charge in [-0.3, -0.25) is 4.79 Å². The maximum Gasteiger partial charge on any atom is 0.229 e. The molecule has 0 aliphatic carbocycles. The van der Waals surface area contributed by atoms with Gasteiger partial charge in [-0.25, -0.2) is 0 Å². The smallest absolute Gasteiger partial charge is 0.229 e. The molecule has 0 radical (unpaired) electrons. The van der Waals surface area contributed by atoms with E-state index in [2.05, 4.69) is 34.1 Å². The molecule has 1 unspecified atom stereocenters. The Labute approximate surface area is 156 Å². The fourth-order valence-corrected chi connectivity index (χ4v) is 4.05. The molecule has 0 fully saturated rings. The van der Waals surface area contributed by atoms with Gasteiger partial charge in [-0.05, 0) is 36.9 Å². The van der Waals surface area contributed by atoms with Gasteiger partial charge in [-0.1, -0.05) is 65.2 Å². The van der Waals surface area contributed by atoms with Gasteiger partial charge in [0.15, 0.2) is 0 Å². The number of carbonyl (C=O) groups excluding carboxylic acids is 1. The SMILES string of the molecule is C/C=S(/NC(=O)CC)c1ccc(-c2c(-c3ccccc3)noc2C)cc1. The molecule has 3 aromatic rings. The second-order valence-corrected chi connectivity index (χ2v) is 7.63. The molecule has 0 spiro atoms. The van der Waals surface area contributed by atoms with Crippen molar-refractivity contribution in [2.45, 2.75) is 32.1 Å². The number of nitrogens with one attached hydrogen (secondary N) is 1. The number of nitrogens with zero attached hydrogens (tertiary/aromatic N) is 1. The Morgan fingerprint density at radius 3 is 2.42 bits per heavy atom. The molecule has 1 amide bonds. The van der Waals surface area contributed by atoms with Crippen molar-refractivity contribution >= 4 is 21.9 Å². The quantitative estimate of drug-likeness (QED) is 0.631. The van der Waals surface area contributed by atoms with E-state index in [4.69, 9.17) is 4.52 Å². The van der Waals surface area contributed by atoms with Crippen LogP contribution in [0.15, 0.2) is 64.0 Å². The summed E-state index contributed by atoms with van der Waals surface area (Å²) in [4.78, 5) is 12.8. The third-order valence-corrected chi connectivity index (χ3v) is 5.79. The predicted octanol–water partition coefficient (Wildman–Crippen LogP) is 5.21. The minimum Gasteiger partial charge on any atom is -0.360 e.